The van der Waals surface area contributed by atoms with Crippen molar-refractivity contribution in [3.05, 3.63) is 34.9 Å². The van der Waals surface area contributed by atoms with Crippen molar-refractivity contribution in [2.45, 2.75) is 25.4 Å². The van der Waals surface area contributed by atoms with Crippen LogP contribution in [-0.2, 0) is 20.9 Å². The van der Waals surface area contributed by atoms with Gasteiger partial charge in [0, 0.05) is 37.6 Å². The number of carbonyl (C=O) groups excluding carboxylic acids is 3. The molecule has 2 fully saturated rings. The molecule has 2 N–H and O–H groups in total. The number of morpholine rings is 1. The van der Waals surface area contributed by atoms with Gasteiger partial charge in [-0.05, 0) is 24.1 Å². The molecule has 1 aromatic rings. The van der Waals surface area contributed by atoms with E-state index in [1.807, 2.05) is 6.07 Å². The predicted molar refractivity (Wildman–Crippen MR) is 104 cm³/mol. The van der Waals surface area contributed by atoms with E-state index >= 15 is 0 Å². The van der Waals surface area contributed by atoms with Gasteiger partial charge in [-0.2, -0.15) is 0 Å². The summed E-state index contributed by atoms with van der Waals surface area (Å²) in [5.41, 5.74) is 0.775. The first-order valence-electron chi connectivity index (χ1n) is 9.46. The summed E-state index contributed by atoms with van der Waals surface area (Å²) >= 11 is 5.95. The number of nitrogens with zero attached hydrogens (tertiary/aromatic N) is 2. The van der Waals surface area contributed by atoms with Crippen LogP contribution in [0.1, 0.15) is 18.4 Å². The Morgan fingerprint density at radius 3 is 2.82 bits per heavy atom. The van der Waals surface area contributed by atoms with Crippen molar-refractivity contribution in [2.75, 3.05) is 39.4 Å². The largest absolute Gasteiger partial charge is 0.379 e. The van der Waals surface area contributed by atoms with E-state index in [0.717, 1.165) is 43.3 Å². The smallest absolute Gasteiger partial charge is 0.325 e. The molecule has 0 saturated carbocycles. The van der Waals surface area contributed by atoms with Gasteiger partial charge >= 0.3 is 6.03 Å². The number of hydrogen-bond acceptors (Lipinski definition) is 5. The summed E-state index contributed by atoms with van der Waals surface area (Å²) < 4.78 is 5.29. The molecule has 1 aromatic carbocycles. The van der Waals surface area contributed by atoms with Gasteiger partial charge in [-0.1, -0.05) is 23.7 Å². The van der Waals surface area contributed by atoms with E-state index in [1.165, 1.54) is 0 Å². The molecule has 0 aromatic heterocycles. The third-order valence-electron chi connectivity index (χ3n) is 4.85. The van der Waals surface area contributed by atoms with Crippen molar-refractivity contribution >= 4 is 29.4 Å². The molecule has 2 saturated heterocycles. The van der Waals surface area contributed by atoms with Crippen molar-refractivity contribution < 1.29 is 19.1 Å². The van der Waals surface area contributed by atoms with Gasteiger partial charge in [-0.3, -0.25) is 19.4 Å². The van der Waals surface area contributed by atoms with Crippen LogP contribution in [0.4, 0.5) is 4.79 Å². The topological polar surface area (TPSA) is 91.0 Å². The standard InChI is InChI=1S/C19H25ClN4O4/c20-15-3-1-2-14(12-15)13-24-18(26)16(22-19(24)27)4-5-17(25)21-6-7-23-8-10-28-11-9-23/h1-3,12,16H,4-11,13H2,(H,21,25)(H,22,27)/t16-/m0/s1. The van der Waals surface area contributed by atoms with Gasteiger partial charge in [-0.25, -0.2) is 4.79 Å². The van der Waals surface area contributed by atoms with Gasteiger partial charge in [0.05, 0.1) is 19.8 Å². The van der Waals surface area contributed by atoms with Crippen LogP contribution in [0.3, 0.4) is 0 Å². The fourth-order valence-corrected chi connectivity index (χ4v) is 3.50. The van der Waals surface area contributed by atoms with Crippen molar-refractivity contribution in [1.29, 1.82) is 0 Å². The Hall–Kier alpha value is -2.16. The zero-order chi connectivity index (χ0) is 19.9. The Balaban J connectivity index is 1.40. The first kappa shape index (κ1) is 20.6. The summed E-state index contributed by atoms with van der Waals surface area (Å²) in [6, 6.07) is 5.92. The Kier molecular flexibility index (Phi) is 7.24. The van der Waals surface area contributed by atoms with Gasteiger partial charge in [0.15, 0.2) is 0 Å². The number of imide groups is 1. The lowest BCUT2D eigenvalue weighted by Crippen LogP contribution is -2.41. The van der Waals surface area contributed by atoms with Gasteiger partial charge in [0.25, 0.3) is 5.91 Å². The van der Waals surface area contributed by atoms with Crippen molar-refractivity contribution in [2.24, 2.45) is 0 Å². The molecule has 2 heterocycles. The maximum atomic E-state index is 12.5. The summed E-state index contributed by atoms with van der Waals surface area (Å²) in [7, 11) is 0. The lowest BCUT2D eigenvalue weighted by Gasteiger charge is -2.26. The summed E-state index contributed by atoms with van der Waals surface area (Å²) in [4.78, 5) is 40.0. The minimum atomic E-state index is -0.670. The molecule has 0 aliphatic carbocycles. The van der Waals surface area contributed by atoms with Gasteiger partial charge in [-0.15, -0.1) is 0 Å². The highest BCUT2D eigenvalue weighted by atomic mass is 35.5. The first-order chi connectivity index (χ1) is 13.5. The summed E-state index contributed by atoms with van der Waals surface area (Å²) in [6.45, 7) is 4.70. The zero-order valence-electron chi connectivity index (χ0n) is 15.7. The van der Waals surface area contributed by atoms with E-state index in [9.17, 15) is 14.4 Å². The molecule has 8 nitrogen and oxygen atoms in total. The number of nitrogens with one attached hydrogen (secondary N) is 2. The molecule has 2 aliphatic heterocycles. The molecule has 3 rings (SSSR count). The van der Waals surface area contributed by atoms with E-state index in [2.05, 4.69) is 15.5 Å². The van der Waals surface area contributed by atoms with Crippen molar-refractivity contribution in [3.63, 3.8) is 0 Å². The fourth-order valence-electron chi connectivity index (χ4n) is 3.28. The van der Waals surface area contributed by atoms with Crippen LogP contribution in [0.2, 0.25) is 5.02 Å². The number of rotatable bonds is 8. The van der Waals surface area contributed by atoms with E-state index < -0.39 is 12.1 Å². The highest BCUT2D eigenvalue weighted by Crippen LogP contribution is 2.17. The summed E-state index contributed by atoms with van der Waals surface area (Å²) in [5.74, 6) is -0.435. The van der Waals surface area contributed by atoms with E-state index in [0.29, 0.717) is 11.6 Å². The van der Waals surface area contributed by atoms with Crippen molar-refractivity contribution in [1.82, 2.24) is 20.4 Å². The number of hydrogen-bond donors (Lipinski definition) is 2. The molecule has 0 spiro atoms. The van der Waals surface area contributed by atoms with Gasteiger partial charge in [0.2, 0.25) is 5.91 Å². The number of benzene rings is 1. The van der Waals surface area contributed by atoms with E-state index in [4.69, 9.17) is 16.3 Å². The molecule has 9 heteroatoms. The third kappa shape index (κ3) is 5.67. The second-order valence-corrected chi connectivity index (χ2v) is 7.34. The Morgan fingerprint density at radius 2 is 2.07 bits per heavy atom. The van der Waals surface area contributed by atoms with Crippen LogP contribution >= 0.6 is 11.6 Å². The highest BCUT2D eigenvalue weighted by Gasteiger charge is 2.37. The molecule has 28 heavy (non-hydrogen) atoms. The number of halogens is 1. The molecule has 0 bridgehead atoms. The fraction of sp³-hybridized carbons (Fsp3) is 0.526. The van der Waals surface area contributed by atoms with E-state index in [-0.39, 0.29) is 31.2 Å². The van der Waals surface area contributed by atoms with Crippen LogP contribution in [0.15, 0.2) is 24.3 Å². The van der Waals surface area contributed by atoms with E-state index in [1.54, 1.807) is 18.2 Å². The van der Waals surface area contributed by atoms with Gasteiger partial charge < -0.3 is 15.4 Å². The third-order valence-corrected chi connectivity index (χ3v) is 5.09. The second-order valence-electron chi connectivity index (χ2n) is 6.90. The minimum Gasteiger partial charge on any atom is -0.379 e. The molecule has 0 unspecified atom stereocenters. The van der Waals surface area contributed by atoms with Crippen LogP contribution < -0.4 is 10.6 Å². The summed E-state index contributed by atoms with van der Waals surface area (Å²) in [6.07, 6.45) is 0.463. The average Bonchev–Trinajstić information content (AvgIpc) is 2.95. The predicted octanol–water partition coefficient (Wildman–Crippen LogP) is 0.989. The second kappa shape index (κ2) is 9.86. The lowest BCUT2D eigenvalue weighted by molar-refractivity contribution is -0.128. The maximum Gasteiger partial charge on any atom is 0.325 e. The lowest BCUT2D eigenvalue weighted by atomic mass is 10.1. The molecule has 2 aliphatic rings. The van der Waals surface area contributed by atoms with Crippen LogP contribution in [0, 0.1) is 0 Å². The quantitative estimate of drug-likeness (QED) is 0.626. The Morgan fingerprint density at radius 1 is 1.29 bits per heavy atom. The number of urea groups is 1. The van der Waals surface area contributed by atoms with Crippen LogP contribution in [0.25, 0.3) is 0 Å². The normalized spacial score (nSPS) is 20.3. The van der Waals surface area contributed by atoms with Crippen LogP contribution in [0.5, 0.6) is 0 Å². The molecule has 0 radical (unpaired) electrons. The molecular weight excluding hydrogens is 384 g/mol. The Bertz CT molecular complexity index is 724. The monoisotopic (exact) mass is 408 g/mol. The molecule has 1 atom stereocenters. The molecule has 4 amide bonds. The van der Waals surface area contributed by atoms with Gasteiger partial charge in [0.1, 0.15) is 6.04 Å². The maximum absolute atomic E-state index is 12.5. The number of carbonyl (C=O) groups is 3. The first-order valence-corrected chi connectivity index (χ1v) is 9.84. The van der Waals surface area contributed by atoms with Crippen molar-refractivity contribution in [3.8, 4) is 0 Å². The number of amides is 4. The zero-order valence-corrected chi connectivity index (χ0v) is 16.4. The highest BCUT2D eigenvalue weighted by molar-refractivity contribution is 6.30. The van der Waals surface area contributed by atoms with Crippen LogP contribution in [-0.4, -0.2) is 73.1 Å². The average molecular weight is 409 g/mol. The SMILES string of the molecule is O=C(CC[C@@H]1NC(=O)N(Cc2cccc(Cl)c2)C1=O)NCCN1CCOCC1. The molecule has 152 valence electrons. The molecular formula is C19H25ClN4O4. The summed E-state index contributed by atoms with van der Waals surface area (Å²) in [5, 5.41) is 6.07. The Labute approximate surface area is 169 Å². The minimum absolute atomic E-state index is 0.122. The number of ether oxygens (including phenoxy) is 1.